The molecule has 2 rings (SSSR count). The fourth-order valence-corrected chi connectivity index (χ4v) is 1.32. The molecule has 0 fully saturated rings. The van der Waals surface area contributed by atoms with Crippen LogP contribution < -0.4 is 5.48 Å². The molecule has 2 heterocycles. The van der Waals surface area contributed by atoms with Gasteiger partial charge in [0, 0.05) is 7.05 Å². The summed E-state index contributed by atoms with van der Waals surface area (Å²) in [5.74, 6) is 0.328. The third-order valence-electron chi connectivity index (χ3n) is 1.98. The highest BCUT2D eigenvalue weighted by Crippen LogP contribution is 2.19. The average molecular weight is 211 g/mol. The first kappa shape index (κ1) is 9.59. The summed E-state index contributed by atoms with van der Waals surface area (Å²) in [6.07, 6.45) is 0.831. The van der Waals surface area contributed by atoms with E-state index in [0.717, 1.165) is 0 Å². The van der Waals surface area contributed by atoms with Crippen LogP contribution in [0.4, 0.5) is 5.69 Å². The number of nitrogens with one attached hydrogen (secondary N) is 1. The third-order valence-corrected chi connectivity index (χ3v) is 1.98. The second kappa shape index (κ2) is 3.31. The van der Waals surface area contributed by atoms with Crippen molar-refractivity contribution in [1.82, 2.24) is 15.3 Å². The van der Waals surface area contributed by atoms with Gasteiger partial charge in [0.2, 0.25) is 0 Å². The van der Waals surface area contributed by atoms with Gasteiger partial charge in [0.25, 0.3) is 0 Å². The van der Waals surface area contributed by atoms with Crippen LogP contribution in [0.25, 0.3) is 0 Å². The zero-order chi connectivity index (χ0) is 11.0. The zero-order valence-corrected chi connectivity index (χ0v) is 8.17. The van der Waals surface area contributed by atoms with Crippen LogP contribution in [0.2, 0.25) is 0 Å². The molecule has 1 aliphatic heterocycles. The summed E-state index contributed by atoms with van der Waals surface area (Å²) in [5.41, 5.74) is 2.74. The Balaban J connectivity index is 2.47. The molecule has 0 spiro atoms. The molecule has 0 bridgehead atoms. The van der Waals surface area contributed by atoms with E-state index in [9.17, 15) is 10.1 Å². The highest BCUT2D eigenvalue weighted by Gasteiger charge is 2.27. The highest BCUT2D eigenvalue weighted by molar-refractivity contribution is 6.00. The maximum absolute atomic E-state index is 10.7. The Kier molecular flexibility index (Phi) is 2.12. The maximum atomic E-state index is 10.7. The lowest BCUT2D eigenvalue weighted by Crippen LogP contribution is -2.22. The van der Waals surface area contributed by atoms with Crippen LogP contribution in [-0.2, 0) is 11.9 Å². The van der Waals surface area contributed by atoms with Crippen LogP contribution in [0.15, 0.2) is 11.2 Å². The first-order chi connectivity index (χ1) is 7.09. The second-order valence-corrected chi connectivity index (χ2v) is 3.06. The fourth-order valence-electron chi connectivity index (χ4n) is 1.32. The molecular formula is C7H9N5O3. The highest BCUT2D eigenvalue weighted by atomic mass is 16.7. The predicted molar refractivity (Wildman–Crippen MR) is 50.1 cm³/mol. The number of aromatic nitrogens is 2. The summed E-state index contributed by atoms with van der Waals surface area (Å²) in [6.45, 7) is 1.72. The van der Waals surface area contributed by atoms with Gasteiger partial charge in [-0.3, -0.25) is 14.8 Å². The fraction of sp³-hybridized carbons (Fsp3) is 0.429. The summed E-state index contributed by atoms with van der Waals surface area (Å²) in [4.78, 5) is 19.2. The van der Waals surface area contributed by atoms with Crippen LogP contribution in [0.3, 0.4) is 0 Å². The van der Waals surface area contributed by atoms with E-state index in [2.05, 4.69) is 15.6 Å². The number of nitro groups is 1. The number of aliphatic imine (C=N–C) groups is 1. The summed E-state index contributed by atoms with van der Waals surface area (Å²) in [7, 11) is 1.61. The minimum atomic E-state index is -0.504. The summed E-state index contributed by atoms with van der Waals surface area (Å²) >= 11 is 0. The number of aryl methyl sites for hydroxylation is 1. The molecule has 1 unspecified atom stereocenters. The molecule has 1 N–H and O–H groups in total. The Labute approximate surface area is 84.7 Å². The lowest BCUT2D eigenvalue weighted by atomic mass is 10.3. The van der Waals surface area contributed by atoms with Crippen molar-refractivity contribution in [2.75, 3.05) is 0 Å². The van der Waals surface area contributed by atoms with E-state index in [1.54, 1.807) is 14.0 Å². The number of rotatable bonds is 2. The molecule has 80 valence electrons. The first-order valence-electron chi connectivity index (χ1n) is 4.26. The summed E-state index contributed by atoms with van der Waals surface area (Å²) in [5, 5.41) is 14.5. The van der Waals surface area contributed by atoms with Gasteiger partial charge in [0.05, 0.1) is 4.92 Å². The Morgan fingerprint density at radius 3 is 3.00 bits per heavy atom. The number of amidine groups is 1. The van der Waals surface area contributed by atoms with E-state index in [1.165, 1.54) is 10.9 Å². The van der Waals surface area contributed by atoms with Crippen LogP contribution in [0.5, 0.6) is 0 Å². The lowest BCUT2D eigenvalue weighted by molar-refractivity contribution is -0.385. The SMILES string of the molecule is CC1N=C(c2c([N+](=O)[O-])cnn2C)NO1. The van der Waals surface area contributed by atoms with Crippen molar-refractivity contribution < 1.29 is 9.76 Å². The lowest BCUT2D eigenvalue weighted by Gasteiger charge is -2.00. The topological polar surface area (TPSA) is 94.6 Å². The van der Waals surface area contributed by atoms with Gasteiger partial charge in [-0.15, -0.1) is 0 Å². The predicted octanol–water partition coefficient (Wildman–Crippen LogP) is -0.0443. The van der Waals surface area contributed by atoms with Crippen molar-refractivity contribution in [3.05, 3.63) is 22.0 Å². The number of hydrogen-bond donors (Lipinski definition) is 1. The van der Waals surface area contributed by atoms with E-state index in [0.29, 0.717) is 11.5 Å². The Morgan fingerprint density at radius 2 is 2.47 bits per heavy atom. The van der Waals surface area contributed by atoms with Crippen molar-refractivity contribution in [2.45, 2.75) is 13.2 Å². The molecule has 0 aliphatic carbocycles. The Hall–Kier alpha value is -1.96. The third kappa shape index (κ3) is 1.54. The quantitative estimate of drug-likeness (QED) is 0.547. The second-order valence-electron chi connectivity index (χ2n) is 3.06. The van der Waals surface area contributed by atoms with E-state index >= 15 is 0 Å². The van der Waals surface area contributed by atoms with Crippen molar-refractivity contribution >= 4 is 11.5 Å². The minimum absolute atomic E-state index is 0.0959. The largest absolute Gasteiger partial charge is 0.318 e. The van der Waals surface area contributed by atoms with Gasteiger partial charge in [-0.2, -0.15) is 5.10 Å². The van der Waals surface area contributed by atoms with Crippen molar-refractivity contribution in [2.24, 2.45) is 12.0 Å². The van der Waals surface area contributed by atoms with Crippen molar-refractivity contribution in [3.63, 3.8) is 0 Å². The normalized spacial score (nSPS) is 19.9. The van der Waals surface area contributed by atoms with Gasteiger partial charge in [0.1, 0.15) is 6.20 Å². The molecule has 1 aliphatic rings. The molecule has 15 heavy (non-hydrogen) atoms. The Morgan fingerprint density at radius 1 is 1.73 bits per heavy atom. The van der Waals surface area contributed by atoms with Gasteiger partial charge in [-0.25, -0.2) is 15.3 Å². The average Bonchev–Trinajstić information content (AvgIpc) is 2.71. The number of hydrogen-bond acceptors (Lipinski definition) is 6. The van der Waals surface area contributed by atoms with E-state index < -0.39 is 4.92 Å². The molecule has 1 aromatic rings. The molecule has 0 radical (unpaired) electrons. The van der Waals surface area contributed by atoms with Crippen molar-refractivity contribution in [3.8, 4) is 0 Å². The maximum Gasteiger partial charge on any atom is 0.318 e. The first-order valence-corrected chi connectivity index (χ1v) is 4.26. The molecule has 0 saturated heterocycles. The summed E-state index contributed by atoms with van der Waals surface area (Å²) in [6, 6.07) is 0. The number of hydroxylamine groups is 1. The molecule has 0 amide bonds. The Bertz CT molecular complexity index is 438. The standard InChI is InChI=1S/C7H9N5O3/c1-4-9-7(10-15-4)6-5(12(13)14)3-8-11(6)2/h3-4H,1-2H3,(H,9,10). The molecule has 0 saturated carbocycles. The molecule has 8 heteroatoms. The van der Waals surface area contributed by atoms with Crippen LogP contribution in [-0.4, -0.2) is 26.8 Å². The van der Waals surface area contributed by atoms with Crippen LogP contribution >= 0.6 is 0 Å². The van der Waals surface area contributed by atoms with Gasteiger partial charge in [-0.1, -0.05) is 0 Å². The number of nitrogens with zero attached hydrogens (tertiary/aromatic N) is 4. The van der Waals surface area contributed by atoms with Gasteiger partial charge in [-0.05, 0) is 6.92 Å². The summed E-state index contributed by atoms with van der Waals surface area (Å²) < 4.78 is 1.38. The molecule has 8 nitrogen and oxygen atoms in total. The van der Waals surface area contributed by atoms with E-state index in [1.807, 2.05) is 0 Å². The molecule has 1 atom stereocenters. The van der Waals surface area contributed by atoms with Gasteiger partial charge >= 0.3 is 5.69 Å². The van der Waals surface area contributed by atoms with Crippen LogP contribution in [0, 0.1) is 10.1 Å². The van der Waals surface area contributed by atoms with E-state index in [4.69, 9.17) is 4.84 Å². The molecule has 0 aromatic carbocycles. The monoisotopic (exact) mass is 211 g/mol. The smallest absolute Gasteiger partial charge is 0.258 e. The zero-order valence-electron chi connectivity index (χ0n) is 8.17. The molecular weight excluding hydrogens is 202 g/mol. The molecule has 1 aromatic heterocycles. The van der Waals surface area contributed by atoms with Crippen molar-refractivity contribution in [1.29, 1.82) is 0 Å². The minimum Gasteiger partial charge on any atom is -0.258 e. The van der Waals surface area contributed by atoms with Crippen LogP contribution in [0.1, 0.15) is 12.6 Å². The van der Waals surface area contributed by atoms with E-state index in [-0.39, 0.29) is 11.9 Å². The van der Waals surface area contributed by atoms with Gasteiger partial charge < -0.3 is 0 Å². The van der Waals surface area contributed by atoms with Gasteiger partial charge in [0.15, 0.2) is 17.8 Å².